The van der Waals surface area contributed by atoms with Crippen LogP contribution in [-0.2, 0) is 0 Å². The van der Waals surface area contributed by atoms with E-state index in [1.165, 1.54) is 11.1 Å². The van der Waals surface area contributed by atoms with E-state index in [1.807, 2.05) is 12.1 Å². The fraction of sp³-hybridized carbons (Fsp3) is 0.250. The number of halogens is 2. The summed E-state index contributed by atoms with van der Waals surface area (Å²) in [5, 5.41) is 3.63. The second-order valence-corrected chi connectivity index (χ2v) is 6.36. The van der Waals surface area contributed by atoms with Gasteiger partial charge in [-0.1, -0.05) is 68.3 Å². The topological polar surface area (TPSA) is 12.0 Å². The summed E-state index contributed by atoms with van der Waals surface area (Å²) in [6.07, 6.45) is 0. The van der Waals surface area contributed by atoms with Gasteiger partial charge >= 0.3 is 0 Å². The summed E-state index contributed by atoms with van der Waals surface area (Å²) >= 11 is 7.22. The Hall–Kier alpha value is -0.640. The van der Waals surface area contributed by atoms with Gasteiger partial charge in [0.1, 0.15) is 0 Å². The zero-order valence-corrected chi connectivity index (χ0v) is 14.2. The van der Waals surface area contributed by atoms with Crippen molar-refractivity contribution >= 4 is 31.9 Å². The van der Waals surface area contributed by atoms with Gasteiger partial charge in [0.25, 0.3) is 0 Å². The van der Waals surface area contributed by atoms with Crippen LogP contribution in [-0.4, -0.2) is 0 Å². The lowest BCUT2D eigenvalue weighted by molar-refractivity contribution is 0.492. The molecule has 2 aromatic carbocycles. The standard InChI is InChI=1S/C16H17Br2N/c1-11(13-7-3-5-9-15(13)17)19-12(2)14-8-4-6-10-16(14)18/h3-12,19H,1-2H3/t11-,12-/m0/s1. The highest BCUT2D eigenvalue weighted by Crippen LogP contribution is 2.28. The summed E-state index contributed by atoms with van der Waals surface area (Å²) in [6, 6.07) is 17.3. The van der Waals surface area contributed by atoms with E-state index in [9.17, 15) is 0 Å². The Morgan fingerprint density at radius 2 is 1.11 bits per heavy atom. The summed E-state index contributed by atoms with van der Waals surface area (Å²) < 4.78 is 2.30. The van der Waals surface area contributed by atoms with Gasteiger partial charge in [-0.15, -0.1) is 0 Å². The molecule has 0 fully saturated rings. The molecule has 3 heteroatoms. The van der Waals surface area contributed by atoms with Crippen LogP contribution in [0.2, 0.25) is 0 Å². The Morgan fingerprint density at radius 1 is 0.737 bits per heavy atom. The summed E-state index contributed by atoms with van der Waals surface area (Å²) in [4.78, 5) is 0. The smallest absolute Gasteiger partial charge is 0.0308 e. The first-order valence-electron chi connectivity index (χ1n) is 6.34. The average molecular weight is 383 g/mol. The predicted octanol–water partition coefficient (Wildman–Crippen LogP) is 5.62. The van der Waals surface area contributed by atoms with Crippen molar-refractivity contribution in [2.45, 2.75) is 25.9 Å². The molecule has 0 saturated heterocycles. The summed E-state index contributed by atoms with van der Waals surface area (Å²) in [6.45, 7) is 4.38. The van der Waals surface area contributed by atoms with Crippen molar-refractivity contribution in [1.29, 1.82) is 0 Å². The van der Waals surface area contributed by atoms with Crippen LogP contribution in [0.25, 0.3) is 0 Å². The van der Waals surface area contributed by atoms with Crippen molar-refractivity contribution in [1.82, 2.24) is 5.32 Å². The van der Waals surface area contributed by atoms with Crippen molar-refractivity contribution in [2.75, 3.05) is 0 Å². The molecule has 1 N–H and O–H groups in total. The first-order valence-corrected chi connectivity index (χ1v) is 7.93. The average Bonchev–Trinajstić information content (AvgIpc) is 2.39. The highest BCUT2D eigenvalue weighted by Gasteiger charge is 2.14. The van der Waals surface area contributed by atoms with Gasteiger partial charge < -0.3 is 5.32 Å². The molecule has 0 aliphatic carbocycles. The number of benzene rings is 2. The predicted molar refractivity (Wildman–Crippen MR) is 88.2 cm³/mol. The van der Waals surface area contributed by atoms with Gasteiger partial charge in [0.15, 0.2) is 0 Å². The number of nitrogens with one attached hydrogen (secondary N) is 1. The molecule has 0 radical (unpaired) electrons. The summed E-state index contributed by atoms with van der Waals surface area (Å²) in [5.41, 5.74) is 2.56. The molecule has 0 saturated carbocycles. The van der Waals surface area contributed by atoms with Crippen LogP contribution in [0.1, 0.15) is 37.1 Å². The third-order valence-corrected chi connectivity index (χ3v) is 4.69. The first kappa shape index (κ1) is 14.8. The summed E-state index contributed by atoms with van der Waals surface area (Å²) in [7, 11) is 0. The van der Waals surface area contributed by atoms with E-state index in [-0.39, 0.29) is 12.1 Å². The molecule has 0 aliphatic heterocycles. The fourth-order valence-corrected chi connectivity index (χ4v) is 3.46. The molecule has 19 heavy (non-hydrogen) atoms. The molecule has 0 spiro atoms. The van der Waals surface area contributed by atoms with E-state index in [0.29, 0.717) is 0 Å². The molecule has 0 unspecified atom stereocenters. The summed E-state index contributed by atoms with van der Waals surface area (Å²) in [5.74, 6) is 0. The van der Waals surface area contributed by atoms with Gasteiger partial charge in [0, 0.05) is 21.0 Å². The minimum atomic E-state index is 0.290. The maximum Gasteiger partial charge on any atom is 0.0308 e. The molecule has 2 aromatic rings. The molecule has 0 heterocycles. The molecule has 0 bridgehead atoms. The van der Waals surface area contributed by atoms with Gasteiger partial charge in [-0.25, -0.2) is 0 Å². The highest BCUT2D eigenvalue weighted by molar-refractivity contribution is 9.10. The van der Waals surface area contributed by atoms with Gasteiger partial charge in [-0.3, -0.25) is 0 Å². The fourth-order valence-electron chi connectivity index (χ4n) is 2.21. The van der Waals surface area contributed by atoms with Crippen molar-refractivity contribution in [2.24, 2.45) is 0 Å². The van der Waals surface area contributed by atoms with Crippen molar-refractivity contribution in [3.8, 4) is 0 Å². The lowest BCUT2D eigenvalue weighted by Crippen LogP contribution is -2.23. The normalized spacial score (nSPS) is 14.1. The molecule has 0 amide bonds. The second kappa shape index (κ2) is 6.69. The van der Waals surface area contributed by atoms with E-state index in [2.05, 4.69) is 87.4 Å². The van der Waals surface area contributed by atoms with Crippen LogP contribution in [0.3, 0.4) is 0 Å². The highest BCUT2D eigenvalue weighted by atomic mass is 79.9. The van der Waals surface area contributed by atoms with Crippen molar-refractivity contribution in [3.63, 3.8) is 0 Å². The van der Waals surface area contributed by atoms with Crippen LogP contribution < -0.4 is 5.32 Å². The van der Waals surface area contributed by atoms with E-state index in [4.69, 9.17) is 0 Å². The zero-order valence-electron chi connectivity index (χ0n) is 11.0. The van der Waals surface area contributed by atoms with Crippen molar-refractivity contribution in [3.05, 3.63) is 68.6 Å². The van der Waals surface area contributed by atoms with Gasteiger partial charge in [0.2, 0.25) is 0 Å². The van der Waals surface area contributed by atoms with Crippen LogP contribution in [0.15, 0.2) is 57.5 Å². The van der Waals surface area contributed by atoms with Crippen LogP contribution in [0.5, 0.6) is 0 Å². The number of hydrogen-bond donors (Lipinski definition) is 1. The SMILES string of the molecule is C[C@H](N[C@@H](C)c1ccccc1Br)c1ccccc1Br. The quantitative estimate of drug-likeness (QED) is 0.723. The molecule has 0 aromatic heterocycles. The minimum absolute atomic E-state index is 0.290. The molecule has 2 atom stereocenters. The van der Waals surface area contributed by atoms with Gasteiger partial charge in [0.05, 0.1) is 0 Å². The van der Waals surface area contributed by atoms with Gasteiger partial charge in [-0.2, -0.15) is 0 Å². The third kappa shape index (κ3) is 3.68. The third-order valence-electron chi connectivity index (χ3n) is 3.24. The zero-order chi connectivity index (χ0) is 13.8. The maximum absolute atomic E-state index is 3.63. The van der Waals surface area contributed by atoms with Gasteiger partial charge in [-0.05, 0) is 37.1 Å². The second-order valence-electron chi connectivity index (χ2n) is 4.65. The molecular weight excluding hydrogens is 366 g/mol. The van der Waals surface area contributed by atoms with E-state index < -0.39 is 0 Å². The van der Waals surface area contributed by atoms with E-state index in [1.54, 1.807) is 0 Å². The molecule has 0 aliphatic rings. The van der Waals surface area contributed by atoms with Crippen molar-refractivity contribution < 1.29 is 0 Å². The Kier molecular flexibility index (Phi) is 5.20. The maximum atomic E-state index is 3.63. The van der Waals surface area contributed by atoms with E-state index >= 15 is 0 Å². The number of rotatable bonds is 4. The van der Waals surface area contributed by atoms with Crippen LogP contribution in [0.4, 0.5) is 0 Å². The van der Waals surface area contributed by atoms with Crippen LogP contribution in [0, 0.1) is 0 Å². The first-order chi connectivity index (χ1) is 9.09. The molecule has 100 valence electrons. The Bertz CT molecular complexity index is 504. The monoisotopic (exact) mass is 381 g/mol. The number of hydrogen-bond acceptors (Lipinski definition) is 1. The molecule has 2 rings (SSSR count). The lowest BCUT2D eigenvalue weighted by atomic mass is 10.0. The Morgan fingerprint density at radius 3 is 1.47 bits per heavy atom. The largest absolute Gasteiger partial charge is 0.304 e. The van der Waals surface area contributed by atoms with E-state index in [0.717, 1.165) is 8.95 Å². The Balaban J connectivity index is 2.13. The van der Waals surface area contributed by atoms with Crippen LogP contribution >= 0.6 is 31.9 Å². The molecule has 1 nitrogen and oxygen atoms in total. The molecular formula is C16H17Br2N. The Labute approximate surface area is 131 Å². The minimum Gasteiger partial charge on any atom is -0.304 e. The lowest BCUT2D eigenvalue weighted by Gasteiger charge is -2.22.